The van der Waals surface area contributed by atoms with E-state index >= 15 is 0 Å². The fourth-order valence-electron chi connectivity index (χ4n) is 2.77. The first kappa shape index (κ1) is 15.9. The van der Waals surface area contributed by atoms with Gasteiger partial charge in [-0.2, -0.15) is 0 Å². The number of hydrogen-bond acceptors (Lipinski definition) is 3. The molecule has 3 rings (SSSR count). The zero-order chi connectivity index (χ0) is 14.1. The lowest BCUT2D eigenvalue weighted by atomic mass is 9.87. The molecule has 1 amide bonds. The summed E-state index contributed by atoms with van der Waals surface area (Å²) >= 11 is 1.54. The average Bonchev–Trinajstić information content (AvgIpc) is 2.85. The summed E-state index contributed by atoms with van der Waals surface area (Å²) in [6.07, 6.45) is 3.13. The molecule has 0 fully saturated rings. The highest BCUT2D eigenvalue weighted by Crippen LogP contribution is 2.31. The molecule has 5 heteroatoms. The molecular formula is C16H19ClN2OS. The summed E-state index contributed by atoms with van der Waals surface area (Å²) in [4.78, 5) is 14.2. The molecule has 1 atom stereocenters. The van der Waals surface area contributed by atoms with Crippen LogP contribution in [0, 0.1) is 6.92 Å². The van der Waals surface area contributed by atoms with E-state index in [0.29, 0.717) is 0 Å². The highest BCUT2D eigenvalue weighted by molar-refractivity contribution is 7.13. The molecule has 1 aromatic heterocycles. The van der Waals surface area contributed by atoms with Crippen molar-refractivity contribution >= 4 is 35.3 Å². The van der Waals surface area contributed by atoms with Gasteiger partial charge in [0, 0.05) is 10.6 Å². The van der Waals surface area contributed by atoms with E-state index in [9.17, 15) is 4.79 Å². The van der Waals surface area contributed by atoms with Gasteiger partial charge in [-0.25, -0.2) is 0 Å². The number of nitrogens with two attached hydrogens (primary N) is 1. The quantitative estimate of drug-likeness (QED) is 0.825. The molecule has 1 unspecified atom stereocenters. The Kier molecular flexibility index (Phi) is 4.91. The van der Waals surface area contributed by atoms with Crippen LogP contribution < -0.4 is 11.1 Å². The summed E-state index contributed by atoms with van der Waals surface area (Å²) in [5.41, 5.74) is 9.12. The van der Waals surface area contributed by atoms with Gasteiger partial charge in [0.2, 0.25) is 0 Å². The zero-order valence-corrected chi connectivity index (χ0v) is 13.5. The van der Waals surface area contributed by atoms with Gasteiger partial charge < -0.3 is 11.1 Å². The molecule has 112 valence electrons. The summed E-state index contributed by atoms with van der Waals surface area (Å²) in [5, 5.41) is 3.15. The first-order chi connectivity index (χ1) is 9.63. The molecule has 0 aliphatic heterocycles. The van der Waals surface area contributed by atoms with Crippen molar-refractivity contribution in [3.05, 3.63) is 51.2 Å². The standard InChI is InChI=1S/C16H18N2OS.ClH/c1-10-5-8-15(20-10)16(19)18-14-4-2-3-11-9-12(17)6-7-13(11)14;/h5-9,14H,2-4,17H2,1H3,(H,18,19);1H. The summed E-state index contributed by atoms with van der Waals surface area (Å²) < 4.78 is 0. The molecule has 3 N–H and O–H groups in total. The van der Waals surface area contributed by atoms with Gasteiger partial charge in [0.15, 0.2) is 0 Å². The molecule has 2 aromatic rings. The number of anilines is 1. The number of fused-ring (bicyclic) bond motifs is 1. The number of nitrogens with one attached hydrogen (secondary N) is 1. The molecule has 1 aliphatic rings. The van der Waals surface area contributed by atoms with E-state index in [0.717, 1.165) is 34.7 Å². The van der Waals surface area contributed by atoms with Crippen LogP contribution in [-0.2, 0) is 6.42 Å². The molecule has 0 saturated heterocycles. The number of aryl methyl sites for hydroxylation is 2. The highest BCUT2D eigenvalue weighted by Gasteiger charge is 2.22. The predicted molar refractivity (Wildman–Crippen MR) is 90.3 cm³/mol. The minimum absolute atomic E-state index is 0. The fraction of sp³-hybridized carbons (Fsp3) is 0.312. The Hall–Kier alpha value is -1.52. The monoisotopic (exact) mass is 322 g/mol. The van der Waals surface area contributed by atoms with Crippen molar-refractivity contribution in [1.82, 2.24) is 5.32 Å². The van der Waals surface area contributed by atoms with E-state index < -0.39 is 0 Å². The number of rotatable bonds is 2. The van der Waals surface area contributed by atoms with Crippen molar-refractivity contribution < 1.29 is 4.79 Å². The van der Waals surface area contributed by atoms with Crippen molar-refractivity contribution in [2.75, 3.05) is 5.73 Å². The lowest BCUT2D eigenvalue weighted by Gasteiger charge is -2.26. The zero-order valence-electron chi connectivity index (χ0n) is 11.9. The Bertz CT molecular complexity index is 653. The van der Waals surface area contributed by atoms with Crippen LogP contribution >= 0.6 is 23.7 Å². The molecule has 1 aliphatic carbocycles. The summed E-state index contributed by atoms with van der Waals surface area (Å²) in [6.45, 7) is 2.01. The molecule has 3 nitrogen and oxygen atoms in total. The number of benzene rings is 1. The van der Waals surface area contributed by atoms with Crippen LogP contribution in [0.3, 0.4) is 0 Å². The van der Waals surface area contributed by atoms with Crippen LogP contribution in [0.1, 0.15) is 44.6 Å². The topological polar surface area (TPSA) is 55.1 Å². The van der Waals surface area contributed by atoms with Crippen LogP contribution in [0.25, 0.3) is 0 Å². The maximum Gasteiger partial charge on any atom is 0.261 e. The minimum atomic E-state index is 0. The Balaban J connectivity index is 0.00000161. The molecule has 0 radical (unpaired) electrons. The first-order valence-electron chi connectivity index (χ1n) is 6.89. The van der Waals surface area contributed by atoms with Crippen molar-refractivity contribution in [1.29, 1.82) is 0 Å². The Morgan fingerprint density at radius 2 is 2.14 bits per heavy atom. The van der Waals surface area contributed by atoms with Crippen LogP contribution in [0.5, 0.6) is 0 Å². The summed E-state index contributed by atoms with van der Waals surface area (Å²) in [6, 6.07) is 9.97. The van der Waals surface area contributed by atoms with Crippen molar-refractivity contribution in [2.45, 2.75) is 32.2 Å². The number of carbonyl (C=O) groups excluding carboxylic acids is 1. The molecule has 1 heterocycles. The highest BCUT2D eigenvalue weighted by atomic mass is 35.5. The van der Waals surface area contributed by atoms with E-state index in [1.165, 1.54) is 22.5 Å². The van der Waals surface area contributed by atoms with Crippen LogP contribution in [0.15, 0.2) is 30.3 Å². The van der Waals surface area contributed by atoms with Gasteiger partial charge in [-0.3, -0.25) is 4.79 Å². The second-order valence-electron chi connectivity index (χ2n) is 5.29. The number of hydrogen-bond donors (Lipinski definition) is 2. The molecule has 0 spiro atoms. The van der Waals surface area contributed by atoms with Crippen molar-refractivity contribution in [2.24, 2.45) is 0 Å². The third-order valence-electron chi connectivity index (χ3n) is 3.75. The van der Waals surface area contributed by atoms with E-state index in [1.807, 2.05) is 31.2 Å². The number of amides is 1. The molecular weight excluding hydrogens is 304 g/mol. The first-order valence-corrected chi connectivity index (χ1v) is 7.71. The Morgan fingerprint density at radius 1 is 1.33 bits per heavy atom. The minimum Gasteiger partial charge on any atom is -0.399 e. The lowest BCUT2D eigenvalue weighted by molar-refractivity contribution is 0.0937. The average molecular weight is 323 g/mol. The van der Waals surface area contributed by atoms with E-state index in [-0.39, 0.29) is 24.4 Å². The molecule has 0 saturated carbocycles. The smallest absolute Gasteiger partial charge is 0.261 e. The van der Waals surface area contributed by atoms with E-state index in [1.54, 1.807) is 0 Å². The maximum atomic E-state index is 12.3. The number of nitrogen functional groups attached to an aromatic ring is 1. The van der Waals surface area contributed by atoms with E-state index in [4.69, 9.17) is 5.73 Å². The molecule has 0 bridgehead atoms. The number of carbonyl (C=O) groups is 1. The van der Waals surface area contributed by atoms with E-state index in [2.05, 4.69) is 11.4 Å². The number of thiophene rings is 1. The predicted octanol–water partition coefficient (Wildman–Crippen LogP) is 3.87. The third kappa shape index (κ3) is 3.39. The number of halogens is 1. The van der Waals surface area contributed by atoms with Gasteiger partial charge in [0.1, 0.15) is 0 Å². The van der Waals surface area contributed by atoms with Gasteiger partial charge in [0.05, 0.1) is 10.9 Å². The molecule has 1 aromatic carbocycles. The lowest BCUT2D eigenvalue weighted by Crippen LogP contribution is -2.30. The second-order valence-corrected chi connectivity index (χ2v) is 6.57. The summed E-state index contributed by atoms with van der Waals surface area (Å²) in [5.74, 6) is 0.0257. The summed E-state index contributed by atoms with van der Waals surface area (Å²) in [7, 11) is 0. The van der Waals surface area contributed by atoms with Gasteiger partial charge in [-0.1, -0.05) is 6.07 Å². The second kappa shape index (κ2) is 6.50. The Morgan fingerprint density at radius 3 is 2.86 bits per heavy atom. The Labute approximate surface area is 135 Å². The van der Waals surface area contributed by atoms with Gasteiger partial charge in [0.25, 0.3) is 5.91 Å². The SMILES string of the molecule is Cc1ccc(C(=O)NC2CCCc3cc(N)ccc32)s1.Cl. The van der Waals surface area contributed by atoms with Crippen molar-refractivity contribution in [3.8, 4) is 0 Å². The van der Waals surface area contributed by atoms with Crippen molar-refractivity contribution in [3.63, 3.8) is 0 Å². The third-order valence-corrected chi connectivity index (χ3v) is 4.75. The van der Waals surface area contributed by atoms with Gasteiger partial charge in [-0.05, 0) is 61.6 Å². The van der Waals surface area contributed by atoms with Crippen LogP contribution in [0.2, 0.25) is 0 Å². The fourth-order valence-corrected chi connectivity index (χ4v) is 3.54. The molecule has 21 heavy (non-hydrogen) atoms. The normalized spacial score (nSPS) is 16.7. The van der Waals surface area contributed by atoms with Gasteiger partial charge in [-0.15, -0.1) is 23.7 Å². The van der Waals surface area contributed by atoms with Crippen LogP contribution in [-0.4, -0.2) is 5.91 Å². The van der Waals surface area contributed by atoms with Crippen LogP contribution in [0.4, 0.5) is 5.69 Å². The van der Waals surface area contributed by atoms with Gasteiger partial charge >= 0.3 is 0 Å². The largest absolute Gasteiger partial charge is 0.399 e. The maximum absolute atomic E-state index is 12.3.